The fourth-order valence-electron chi connectivity index (χ4n) is 1.53. The molecule has 0 aliphatic carbocycles. The van der Waals surface area contributed by atoms with Crippen molar-refractivity contribution in [1.29, 1.82) is 0 Å². The highest BCUT2D eigenvalue weighted by atomic mass is 79.9. The quantitative estimate of drug-likeness (QED) is 0.542. The van der Waals surface area contributed by atoms with Crippen LogP contribution in [0.25, 0.3) is 0 Å². The zero-order valence-electron chi connectivity index (χ0n) is 9.21. The van der Waals surface area contributed by atoms with Crippen molar-refractivity contribution in [1.82, 2.24) is 0 Å². The predicted molar refractivity (Wildman–Crippen MR) is 81.1 cm³/mol. The highest BCUT2D eigenvalue weighted by Gasteiger charge is 2.09. The zero-order valence-corrected chi connectivity index (χ0v) is 12.4. The van der Waals surface area contributed by atoms with Gasteiger partial charge < -0.3 is 0 Å². The van der Waals surface area contributed by atoms with Crippen molar-refractivity contribution < 1.29 is 0 Å². The number of aryl methyl sites for hydroxylation is 1. The van der Waals surface area contributed by atoms with Crippen LogP contribution in [-0.4, -0.2) is 4.86 Å². The number of hydrogen-bond donors (Lipinski definition) is 0. The molecule has 0 heterocycles. The minimum Gasteiger partial charge on any atom is -0.0836 e. The molecular formula is C14H10BrClS. The molecule has 86 valence electrons. The Kier molecular flexibility index (Phi) is 3.97. The smallest absolute Gasteiger partial charge is 0.0537 e. The Labute approximate surface area is 120 Å². The van der Waals surface area contributed by atoms with Gasteiger partial charge in [0.2, 0.25) is 0 Å². The number of thiocarbonyl (C=S) groups is 1. The van der Waals surface area contributed by atoms with Crippen LogP contribution in [-0.2, 0) is 0 Å². The first kappa shape index (κ1) is 12.7. The van der Waals surface area contributed by atoms with Gasteiger partial charge in [-0.05, 0) is 30.7 Å². The van der Waals surface area contributed by atoms with Gasteiger partial charge in [0.15, 0.2) is 0 Å². The van der Waals surface area contributed by atoms with Crippen LogP contribution in [0.2, 0.25) is 5.02 Å². The topological polar surface area (TPSA) is 0 Å². The summed E-state index contributed by atoms with van der Waals surface area (Å²) < 4.78 is 0.978. The molecule has 3 heteroatoms. The Bertz CT molecular complexity index is 561. The van der Waals surface area contributed by atoms with Gasteiger partial charge in [0.1, 0.15) is 0 Å². The predicted octanol–water partition coefficient (Wildman–Crippen LogP) is 5.18. The van der Waals surface area contributed by atoms with Crippen LogP contribution in [0.5, 0.6) is 0 Å². The van der Waals surface area contributed by atoms with Crippen molar-refractivity contribution in [3.63, 3.8) is 0 Å². The van der Waals surface area contributed by atoms with Crippen molar-refractivity contribution in [2.24, 2.45) is 0 Å². The Morgan fingerprint density at radius 2 is 1.76 bits per heavy atom. The van der Waals surface area contributed by atoms with Crippen molar-refractivity contribution in [3.8, 4) is 0 Å². The van der Waals surface area contributed by atoms with E-state index in [4.69, 9.17) is 23.8 Å². The fourth-order valence-corrected chi connectivity index (χ4v) is 2.47. The number of halogens is 2. The lowest BCUT2D eigenvalue weighted by Crippen LogP contribution is -2.00. The van der Waals surface area contributed by atoms with Gasteiger partial charge in [0.05, 0.1) is 4.86 Å². The summed E-state index contributed by atoms with van der Waals surface area (Å²) in [5, 5.41) is 0.679. The van der Waals surface area contributed by atoms with Crippen LogP contribution < -0.4 is 0 Å². The van der Waals surface area contributed by atoms with E-state index < -0.39 is 0 Å². The molecule has 0 amide bonds. The van der Waals surface area contributed by atoms with E-state index in [9.17, 15) is 0 Å². The fraction of sp³-hybridized carbons (Fsp3) is 0.0714. The lowest BCUT2D eigenvalue weighted by Gasteiger charge is -2.07. The van der Waals surface area contributed by atoms with Crippen LogP contribution in [0.1, 0.15) is 16.7 Å². The first-order chi connectivity index (χ1) is 8.08. The van der Waals surface area contributed by atoms with Gasteiger partial charge in [-0.25, -0.2) is 0 Å². The number of benzene rings is 2. The first-order valence-corrected chi connectivity index (χ1v) is 6.72. The molecule has 0 bridgehead atoms. The molecule has 0 aliphatic heterocycles. The van der Waals surface area contributed by atoms with Crippen molar-refractivity contribution in [2.45, 2.75) is 6.92 Å². The Morgan fingerprint density at radius 3 is 2.41 bits per heavy atom. The molecular weight excluding hydrogens is 316 g/mol. The highest BCUT2D eigenvalue weighted by Crippen LogP contribution is 2.24. The lowest BCUT2D eigenvalue weighted by molar-refractivity contribution is 1.46. The van der Waals surface area contributed by atoms with E-state index in [1.807, 2.05) is 42.5 Å². The van der Waals surface area contributed by atoms with E-state index in [1.165, 1.54) is 5.56 Å². The molecule has 0 spiro atoms. The van der Waals surface area contributed by atoms with Gasteiger partial charge in [-0.15, -0.1) is 0 Å². The van der Waals surface area contributed by atoms with Gasteiger partial charge in [-0.3, -0.25) is 0 Å². The van der Waals surface area contributed by atoms with Crippen molar-refractivity contribution in [2.75, 3.05) is 0 Å². The van der Waals surface area contributed by atoms with Crippen molar-refractivity contribution >= 4 is 44.6 Å². The maximum atomic E-state index is 6.16. The molecule has 2 rings (SSSR count). The van der Waals surface area contributed by atoms with Gasteiger partial charge in [-0.2, -0.15) is 0 Å². The Balaban J connectivity index is 2.43. The molecule has 0 unspecified atom stereocenters. The van der Waals surface area contributed by atoms with Crippen LogP contribution in [0.3, 0.4) is 0 Å². The summed E-state index contributed by atoms with van der Waals surface area (Å²) in [6, 6.07) is 13.8. The SMILES string of the molecule is Cc1ccc(C(=S)c2cc(Br)ccc2Cl)cc1. The molecule has 0 radical (unpaired) electrons. The van der Waals surface area contributed by atoms with E-state index in [-0.39, 0.29) is 0 Å². The molecule has 0 aliphatic rings. The molecule has 0 N–H and O–H groups in total. The van der Waals surface area contributed by atoms with Gasteiger partial charge in [0, 0.05) is 15.1 Å². The standard InChI is InChI=1S/C14H10BrClS/c1-9-2-4-10(5-3-9)14(17)12-8-11(15)6-7-13(12)16/h2-8H,1H3. The van der Waals surface area contributed by atoms with Crippen LogP contribution in [0, 0.1) is 6.92 Å². The lowest BCUT2D eigenvalue weighted by atomic mass is 10.0. The summed E-state index contributed by atoms with van der Waals surface area (Å²) in [4.78, 5) is 0.774. The third kappa shape index (κ3) is 2.95. The molecule has 17 heavy (non-hydrogen) atoms. The summed E-state index contributed by atoms with van der Waals surface area (Å²) in [6.45, 7) is 2.05. The van der Waals surface area contributed by atoms with E-state index in [2.05, 4.69) is 22.9 Å². The third-order valence-electron chi connectivity index (χ3n) is 2.49. The van der Waals surface area contributed by atoms with E-state index in [1.54, 1.807) is 0 Å². The second-order valence-corrected chi connectivity index (χ2v) is 5.55. The van der Waals surface area contributed by atoms with Crippen LogP contribution in [0.15, 0.2) is 46.9 Å². The molecule has 0 saturated carbocycles. The van der Waals surface area contributed by atoms with Crippen LogP contribution in [0.4, 0.5) is 0 Å². The second kappa shape index (κ2) is 5.30. The van der Waals surface area contributed by atoms with Crippen molar-refractivity contribution in [3.05, 3.63) is 68.7 Å². The highest BCUT2D eigenvalue weighted by molar-refractivity contribution is 9.10. The average molecular weight is 326 g/mol. The van der Waals surface area contributed by atoms with Gasteiger partial charge >= 0.3 is 0 Å². The summed E-state index contributed by atoms with van der Waals surface area (Å²) in [5.74, 6) is 0. The third-order valence-corrected chi connectivity index (χ3v) is 3.77. The number of rotatable bonds is 2. The zero-order chi connectivity index (χ0) is 12.4. The minimum absolute atomic E-state index is 0.679. The largest absolute Gasteiger partial charge is 0.0836 e. The Morgan fingerprint density at radius 1 is 1.12 bits per heavy atom. The summed E-state index contributed by atoms with van der Waals surface area (Å²) in [5.41, 5.74) is 3.13. The maximum absolute atomic E-state index is 6.16. The molecule has 2 aromatic carbocycles. The van der Waals surface area contributed by atoms with E-state index >= 15 is 0 Å². The van der Waals surface area contributed by atoms with E-state index in [0.29, 0.717) is 5.02 Å². The van der Waals surface area contributed by atoms with Gasteiger partial charge in [0.25, 0.3) is 0 Å². The summed E-state index contributed by atoms with van der Waals surface area (Å²) >= 11 is 15.1. The van der Waals surface area contributed by atoms with E-state index in [0.717, 1.165) is 20.5 Å². The molecule has 0 aromatic heterocycles. The normalized spacial score (nSPS) is 10.3. The maximum Gasteiger partial charge on any atom is 0.0537 e. The molecule has 0 fully saturated rings. The first-order valence-electron chi connectivity index (χ1n) is 5.14. The monoisotopic (exact) mass is 324 g/mol. The molecule has 2 aromatic rings. The molecule has 0 saturated heterocycles. The van der Waals surface area contributed by atoms with Crippen LogP contribution >= 0.6 is 39.7 Å². The van der Waals surface area contributed by atoms with Gasteiger partial charge in [-0.1, -0.05) is 69.6 Å². The molecule has 0 nitrogen and oxygen atoms in total. The second-order valence-electron chi connectivity index (χ2n) is 3.82. The Hall–Kier alpha value is -0.700. The average Bonchev–Trinajstić information content (AvgIpc) is 2.32. The molecule has 0 atom stereocenters. The summed E-state index contributed by atoms with van der Waals surface area (Å²) in [6.07, 6.45) is 0. The number of hydrogen-bond acceptors (Lipinski definition) is 1. The minimum atomic E-state index is 0.679. The summed E-state index contributed by atoms with van der Waals surface area (Å²) in [7, 11) is 0.